The van der Waals surface area contributed by atoms with Crippen molar-refractivity contribution >= 4 is 26.4 Å². The normalized spacial score (nSPS) is 17.8. The molecule has 17 heavy (non-hydrogen) atoms. The van der Waals surface area contributed by atoms with Gasteiger partial charge in [-0.1, -0.05) is 24.3 Å². The summed E-state index contributed by atoms with van der Waals surface area (Å²) in [5.41, 5.74) is 0.467. The molecule has 0 aliphatic heterocycles. The van der Waals surface area contributed by atoms with E-state index in [2.05, 4.69) is 5.32 Å². The van der Waals surface area contributed by atoms with Gasteiger partial charge in [0.1, 0.15) is 5.75 Å². The van der Waals surface area contributed by atoms with Gasteiger partial charge in [-0.25, -0.2) is 0 Å². The number of phenolic OH excluding ortho intramolecular Hbond substituents is 1. The van der Waals surface area contributed by atoms with E-state index in [1.165, 1.54) is 0 Å². The van der Waals surface area contributed by atoms with Crippen LogP contribution >= 0.6 is 22.6 Å². The summed E-state index contributed by atoms with van der Waals surface area (Å²) in [4.78, 5) is 11.7. The lowest BCUT2D eigenvalue weighted by Crippen LogP contribution is -2.50. The van der Waals surface area contributed by atoms with Gasteiger partial charge >= 0.3 is 0 Å². The van der Waals surface area contributed by atoms with Gasteiger partial charge < -0.3 is 5.11 Å². The van der Waals surface area contributed by atoms with E-state index in [4.69, 9.17) is 0 Å². The zero-order valence-corrected chi connectivity index (χ0v) is 11.6. The smallest absolute Gasteiger partial charge is 0.212 e. The summed E-state index contributed by atoms with van der Waals surface area (Å²) in [7, 11) is 0. The summed E-state index contributed by atoms with van der Waals surface area (Å²) in [5.74, 6) is 0.244. The van der Waals surface area contributed by atoms with Crippen LogP contribution in [0.15, 0.2) is 36.4 Å². The average molecular weight is 343 g/mol. The highest BCUT2D eigenvalue weighted by atomic mass is 127. The predicted molar refractivity (Wildman–Crippen MR) is 75.3 cm³/mol. The molecule has 0 bridgehead atoms. The van der Waals surface area contributed by atoms with Crippen LogP contribution in [0.2, 0.25) is 0 Å². The van der Waals surface area contributed by atoms with Crippen molar-refractivity contribution in [3.63, 3.8) is 0 Å². The van der Waals surface area contributed by atoms with Crippen molar-refractivity contribution in [1.29, 1.82) is 0 Å². The second-order valence-electron chi connectivity index (χ2n) is 4.50. The summed E-state index contributed by atoms with van der Waals surface area (Å²) in [6, 6.07) is 7.21. The lowest BCUT2D eigenvalue weighted by atomic mass is 9.94. The molecule has 2 N–H and O–H groups in total. The molecular formula is C13H14INO2. The second kappa shape index (κ2) is 4.78. The fourth-order valence-corrected chi connectivity index (χ4v) is 2.07. The zero-order chi connectivity index (χ0) is 12.5. The highest BCUT2D eigenvalue weighted by Gasteiger charge is 2.34. The van der Waals surface area contributed by atoms with Crippen molar-refractivity contribution in [3.8, 4) is 5.75 Å². The lowest BCUT2D eigenvalue weighted by Gasteiger charge is -2.27. The molecule has 1 aromatic carbocycles. The van der Waals surface area contributed by atoms with Gasteiger partial charge in [0, 0.05) is 28.6 Å². The van der Waals surface area contributed by atoms with Gasteiger partial charge in [0.2, 0.25) is 3.79 Å². The minimum atomic E-state index is -0.564. The first-order valence-corrected chi connectivity index (χ1v) is 6.51. The van der Waals surface area contributed by atoms with Crippen LogP contribution in [-0.4, -0.2) is 20.5 Å². The van der Waals surface area contributed by atoms with Crippen molar-refractivity contribution in [2.45, 2.75) is 24.9 Å². The summed E-state index contributed by atoms with van der Waals surface area (Å²) in [6.07, 6.45) is 4.66. The third kappa shape index (κ3) is 3.29. The second-order valence-corrected chi connectivity index (χ2v) is 5.48. The number of halogens is 1. The quantitative estimate of drug-likeness (QED) is 0.490. The Morgan fingerprint density at radius 1 is 1.41 bits per heavy atom. The standard InChI is InChI=1S/C13H14INO2/c1-13(12(14)17,15-10-4-5-10)8-9-2-6-11(16)7-3-9/h2-7,10,15-16H,8H2,1H3/t13-/m0/s1. The van der Waals surface area contributed by atoms with E-state index in [0.29, 0.717) is 6.42 Å². The molecule has 0 saturated carbocycles. The minimum Gasteiger partial charge on any atom is -0.508 e. The number of benzene rings is 1. The molecule has 4 heteroatoms. The molecule has 1 aromatic rings. The van der Waals surface area contributed by atoms with Gasteiger partial charge in [0.05, 0.1) is 5.54 Å². The summed E-state index contributed by atoms with van der Waals surface area (Å²) < 4.78 is 0.0943. The van der Waals surface area contributed by atoms with Gasteiger partial charge in [0.25, 0.3) is 0 Å². The fraction of sp³-hybridized carbons (Fsp3) is 0.308. The molecule has 0 unspecified atom stereocenters. The molecule has 90 valence electrons. The largest absolute Gasteiger partial charge is 0.508 e. The molecule has 0 saturated heterocycles. The zero-order valence-electron chi connectivity index (χ0n) is 9.48. The monoisotopic (exact) mass is 343 g/mol. The van der Waals surface area contributed by atoms with E-state index in [0.717, 1.165) is 5.56 Å². The Kier molecular flexibility index (Phi) is 3.53. The SMILES string of the molecule is C[C@@](Cc1ccc(O)cc1)(NC1C=C1)C(=O)I. The molecule has 0 heterocycles. The maximum Gasteiger partial charge on any atom is 0.212 e. The van der Waals surface area contributed by atoms with Gasteiger partial charge in [-0.05, 0) is 31.0 Å². The first-order valence-electron chi connectivity index (χ1n) is 5.43. The molecular weight excluding hydrogens is 329 g/mol. The molecule has 2 rings (SSSR count). The molecule has 1 atom stereocenters. The maximum absolute atomic E-state index is 11.7. The van der Waals surface area contributed by atoms with Crippen molar-refractivity contribution < 1.29 is 9.90 Å². The molecule has 1 aliphatic carbocycles. The van der Waals surface area contributed by atoms with Crippen LogP contribution in [0.3, 0.4) is 0 Å². The molecule has 0 fully saturated rings. The highest BCUT2D eigenvalue weighted by molar-refractivity contribution is 14.1. The summed E-state index contributed by atoms with van der Waals surface area (Å²) in [5, 5.41) is 12.5. The van der Waals surface area contributed by atoms with Gasteiger partial charge in [-0.2, -0.15) is 0 Å². The first-order chi connectivity index (χ1) is 7.99. The highest BCUT2D eigenvalue weighted by Crippen LogP contribution is 2.22. The number of rotatable bonds is 5. The Hall–Kier alpha value is -0.880. The number of phenols is 1. The van der Waals surface area contributed by atoms with Crippen molar-refractivity contribution in [3.05, 3.63) is 42.0 Å². The average Bonchev–Trinajstić information content (AvgIpc) is 3.05. The number of hydrogen-bond donors (Lipinski definition) is 2. The van der Waals surface area contributed by atoms with E-state index >= 15 is 0 Å². The third-order valence-corrected chi connectivity index (χ3v) is 3.99. The molecule has 1 aliphatic rings. The van der Waals surface area contributed by atoms with Crippen LogP contribution in [0.1, 0.15) is 12.5 Å². The Bertz CT molecular complexity index is 449. The first kappa shape index (κ1) is 12.6. The Labute approximate surface area is 114 Å². The van der Waals surface area contributed by atoms with E-state index < -0.39 is 5.54 Å². The van der Waals surface area contributed by atoms with E-state index in [-0.39, 0.29) is 15.6 Å². The Balaban J connectivity index is 2.11. The molecule has 0 spiro atoms. The van der Waals surface area contributed by atoms with Crippen LogP contribution in [0.25, 0.3) is 0 Å². The number of aromatic hydroxyl groups is 1. The topological polar surface area (TPSA) is 49.3 Å². The number of nitrogens with one attached hydrogen (secondary N) is 1. The van der Waals surface area contributed by atoms with Gasteiger partial charge in [-0.15, -0.1) is 0 Å². The van der Waals surface area contributed by atoms with Gasteiger partial charge in [-0.3, -0.25) is 10.1 Å². The predicted octanol–water partition coefficient (Wildman–Crippen LogP) is 2.18. The Morgan fingerprint density at radius 2 is 2.00 bits per heavy atom. The summed E-state index contributed by atoms with van der Waals surface area (Å²) in [6.45, 7) is 1.91. The van der Waals surface area contributed by atoms with Crippen molar-refractivity contribution in [1.82, 2.24) is 5.32 Å². The molecule has 0 radical (unpaired) electrons. The van der Waals surface area contributed by atoms with E-state index in [1.807, 2.05) is 53.8 Å². The van der Waals surface area contributed by atoms with Crippen molar-refractivity contribution in [2.75, 3.05) is 0 Å². The number of carbonyl (C=O) groups excluding carboxylic acids is 1. The van der Waals surface area contributed by atoms with E-state index in [1.54, 1.807) is 12.1 Å². The third-order valence-electron chi connectivity index (χ3n) is 2.80. The number of hydrogen-bond acceptors (Lipinski definition) is 3. The lowest BCUT2D eigenvalue weighted by molar-refractivity contribution is -0.114. The van der Waals surface area contributed by atoms with Crippen LogP contribution in [0.5, 0.6) is 5.75 Å². The molecule has 0 amide bonds. The molecule has 3 nitrogen and oxygen atoms in total. The van der Waals surface area contributed by atoms with Crippen LogP contribution in [-0.2, 0) is 11.2 Å². The van der Waals surface area contributed by atoms with Crippen LogP contribution in [0, 0.1) is 0 Å². The fourth-order valence-electron chi connectivity index (χ4n) is 1.72. The van der Waals surface area contributed by atoms with Crippen LogP contribution < -0.4 is 5.32 Å². The Morgan fingerprint density at radius 3 is 2.47 bits per heavy atom. The minimum absolute atomic E-state index is 0.0943. The van der Waals surface area contributed by atoms with Crippen LogP contribution in [0.4, 0.5) is 0 Å². The maximum atomic E-state index is 11.7. The van der Waals surface area contributed by atoms with E-state index in [9.17, 15) is 9.90 Å². The van der Waals surface area contributed by atoms with Crippen molar-refractivity contribution in [2.24, 2.45) is 0 Å². The van der Waals surface area contributed by atoms with Gasteiger partial charge in [0.15, 0.2) is 0 Å². The molecule has 0 aromatic heterocycles. The summed E-state index contributed by atoms with van der Waals surface area (Å²) >= 11 is 1.84. The number of carbonyl (C=O) groups is 1.